The van der Waals surface area contributed by atoms with Gasteiger partial charge in [0, 0.05) is 11.6 Å². The summed E-state index contributed by atoms with van der Waals surface area (Å²) in [5, 5.41) is 0.515. The molecule has 1 aromatic carbocycles. The van der Waals surface area contributed by atoms with Crippen LogP contribution in [0.1, 0.15) is 18.6 Å². The Hall–Kier alpha value is -1.05. The van der Waals surface area contributed by atoms with Gasteiger partial charge < -0.3 is 4.42 Å². The van der Waals surface area contributed by atoms with Crippen molar-refractivity contribution >= 4 is 33.2 Å². The summed E-state index contributed by atoms with van der Waals surface area (Å²) in [6.45, 7) is 3.04. The van der Waals surface area contributed by atoms with Crippen LogP contribution in [0.5, 0.6) is 0 Å². The van der Waals surface area contributed by atoms with Crippen molar-refractivity contribution in [1.82, 2.24) is 9.62 Å². The average Bonchev–Trinajstić information content (AvgIpc) is 3.09. The van der Waals surface area contributed by atoms with Crippen LogP contribution in [-0.2, 0) is 16.6 Å². The number of hydrogen-bond donors (Lipinski definition) is 1. The van der Waals surface area contributed by atoms with Gasteiger partial charge in [0.15, 0.2) is 0 Å². The van der Waals surface area contributed by atoms with Crippen molar-refractivity contribution in [3.05, 3.63) is 52.4 Å². The van der Waals surface area contributed by atoms with Gasteiger partial charge in [-0.05, 0) is 62.2 Å². The molecule has 1 saturated heterocycles. The third-order valence-corrected chi connectivity index (χ3v) is 6.55. The van der Waals surface area contributed by atoms with Crippen LogP contribution in [0.15, 0.2) is 45.9 Å². The lowest BCUT2D eigenvalue weighted by Crippen LogP contribution is -2.38. The molecule has 2 heterocycles. The SMILES string of the molecule is O=S(=O)(NCC1CCN(Cc2ccco2)CC1)c1cc(Cl)ccc1Cl. The summed E-state index contributed by atoms with van der Waals surface area (Å²) >= 11 is 11.9. The van der Waals surface area contributed by atoms with E-state index in [0.29, 0.717) is 17.5 Å². The highest BCUT2D eigenvalue weighted by atomic mass is 35.5. The van der Waals surface area contributed by atoms with Crippen LogP contribution in [0.25, 0.3) is 0 Å². The minimum atomic E-state index is -3.66. The van der Waals surface area contributed by atoms with E-state index in [-0.39, 0.29) is 9.92 Å². The van der Waals surface area contributed by atoms with E-state index in [0.717, 1.165) is 38.2 Å². The lowest BCUT2D eigenvalue weighted by Gasteiger charge is -2.31. The number of piperidine rings is 1. The number of furan rings is 1. The molecular formula is C17H20Cl2N2O3S. The summed E-state index contributed by atoms with van der Waals surface area (Å²) < 4.78 is 32.9. The predicted octanol–water partition coefficient (Wildman–Crippen LogP) is 3.78. The molecule has 0 atom stereocenters. The van der Waals surface area contributed by atoms with Crippen molar-refractivity contribution in [2.45, 2.75) is 24.3 Å². The standard InChI is InChI=1S/C17H20Cl2N2O3S/c18-14-3-4-16(19)17(10-14)25(22,23)20-11-13-5-7-21(8-6-13)12-15-2-1-9-24-15/h1-4,9-10,13,20H,5-8,11-12H2. The van der Waals surface area contributed by atoms with Crippen LogP contribution >= 0.6 is 23.2 Å². The van der Waals surface area contributed by atoms with Gasteiger partial charge in [0.05, 0.1) is 17.8 Å². The van der Waals surface area contributed by atoms with Gasteiger partial charge in [0.25, 0.3) is 0 Å². The summed E-state index contributed by atoms with van der Waals surface area (Å²) in [4.78, 5) is 2.34. The fraction of sp³-hybridized carbons (Fsp3) is 0.412. The molecule has 1 aliphatic heterocycles. The van der Waals surface area contributed by atoms with Crippen molar-refractivity contribution in [2.75, 3.05) is 19.6 Å². The van der Waals surface area contributed by atoms with Gasteiger partial charge in [-0.3, -0.25) is 4.90 Å². The topological polar surface area (TPSA) is 62.6 Å². The zero-order valence-corrected chi connectivity index (χ0v) is 15.9. The molecular weight excluding hydrogens is 383 g/mol. The van der Waals surface area contributed by atoms with Crippen LogP contribution in [0.4, 0.5) is 0 Å². The zero-order valence-electron chi connectivity index (χ0n) is 13.6. The van der Waals surface area contributed by atoms with Crippen molar-refractivity contribution in [2.24, 2.45) is 5.92 Å². The Labute approximate surface area is 158 Å². The molecule has 0 unspecified atom stereocenters. The van der Waals surface area contributed by atoms with E-state index in [1.165, 1.54) is 12.1 Å². The molecule has 0 aliphatic carbocycles. The first-order valence-electron chi connectivity index (χ1n) is 8.13. The second kappa shape index (κ2) is 8.10. The first-order valence-corrected chi connectivity index (χ1v) is 10.4. The van der Waals surface area contributed by atoms with Crippen LogP contribution in [0.3, 0.4) is 0 Å². The van der Waals surface area contributed by atoms with E-state index in [2.05, 4.69) is 9.62 Å². The minimum absolute atomic E-state index is 0.0249. The van der Waals surface area contributed by atoms with Crippen LogP contribution in [0, 0.1) is 5.92 Å². The maximum Gasteiger partial charge on any atom is 0.242 e. The van der Waals surface area contributed by atoms with Crippen molar-refractivity contribution in [3.63, 3.8) is 0 Å². The van der Waals surface area contributed by atoms with Gasteiger partial charge >= 0.3 is 0 Å². The first-order chi connectivity index (χ1) is 11.9. The highest BCUT2D eigenvalue weighted by Gasteiger charge is 2.23. The molecule has 0 amide bonds. The van der Waals surface area contributed by atoms with E-state index in [1.807, 2.05) is 12.1 Å². The molecule has 3 rings (SSSR count). The molecule has 0 spiro atoms. The number of likely N-dealkylation sites (tertiary alicyclic amines) is 1. The number of nitrogens with one attached hydrogen (secondary N) is 1. The van der Waals surface area contributed by atoms with Crippen LogP contribution in [0.2, 0.25) is 10.0 Å². The van der Waals surface area contributed by atoms with Crippen molar-refractivity contribution < 1.29 is 12.8 Å². The molecule has 1 fully saturated rings. The van der Waals surface area contributed by atoms with Crippen molar-refractivity contribution in [3.8, 4) is 0 Å². The summed E-state index contributed by atoms with van der Waals surface area (Å²) in [5.41, 5.74) is 0. The first kappa shape index (κ1) is 18.7. The fourth-order valence-corrected chi connectivity index (χ4v) is 4.84. The molecule has 136 valence electrons. The lowest BCUT2D eigenvalue weighted by molar-refractivity contribution is 0.168. The molecule has 8 heteroatoms. The molecule has 2 aromatic rings. The monoisotopic (exact) mass is 402 g/mol. The van der Waals surface area contributed by atoms with Gasteiger partial charge in [-0.2, -0.15) is 0 Å². The van der Waals surface area contributed by atoms with Gasteiger partial charge in [0.1, 0.15) is 10.7 Å². The molecule has 1 aromatic heterocycles. The van der Waals surface area contributed by atoms with E-state index in [4.69, 9.17) is 27.6 Å². The summed E-state index contributed by atoms with van der Waals surface area (Å²) in [5.74, 6) is 1.26. The number of sulfonamides is 1. The molecule has 0 saturated carbocycles. The van der Waals surface area contributed by atoms with Gasteiger partial charge in [-0.25, -0.2) is 13.1 Å². The summed E-state index contributed by atoms with van der Waals surface area (Å²) in [7, 11) is -3.66. The van der Waals surface area contributed by atoms with E-state index < -0.39 is 10.0 Å². The Morgan fingerprint density at radius 2 is 1.96 bits per heavy atom. The molecule has 25 heavy (non-hydrogen) atoms. The second-order valence-electron chi connectivity index (χ2n) is 6.23. The Morgan fingerprint density at radius 3 is 2.64 bits per heavy atom. The largest absolute Gasteiger partial charge is 0.468 e. The third kappa shape index (κ3) is 4.99. The van der Waals surface area contributed by atoms with Gasteiger partial charge in [-0.15, -0.1) is 0 Å². The van der Waals surface area contributed by atoms with Crippen LogP contribution < -0.4 is 4.72 Å². The fourth-order valence-electron chi connectivity index (χ4n) is 2.96. The summed E-state index contributed by atoms with van der Waals surface area (Å²) in [6, 6.07) is 8.29. The number of hydrogen-bond acceptors (Lipinski definition) is 4. The molecule has 0 bridgehead atoms. The molecule has 1 aliphatic rings. The minimum Gasteiger partial charge on any atom is -0.468 e. The Kier molecular flexibility index (Phi) is 6.07. The number of nitrogens with zero attached hydrogens (tertiary/aromatic N) is 1. The maximum atomic E-state index is 12.4. The second-order valence-corrected chi connectivity index (χ2v) is 8.80. The Bertz CT molecular complexity index is 801. The molecule has 0 radical (unpaired) electrons. The lowest BCUT2D eigenvalue weighted by atomic mass is 9.97. The Morgan fingerprint density at radius 1 is 1.20 bits per heavy atom. The quantitative estimate of drug-likeness (QED) is 0.798. The summed E-state index contributed by atoms with van der Waals surface area (Å²) in [6.07, 6.45) is 3.55. The van der Waals surface area contributed by atoms with E-state index in [9.17, 15) is 8.42 Å². The van der Waals surface area contributed by atoms with E-state index in [1.54, 1.807) is 12.3 Å². The van der Waals surface area contributed by atoms with E-state index >= 15 is 0 Å². The Balaban J connectivity index is 1.51. The molecule has 1 N–H and O–H groups in total. The zero-order chi connectivity index (χ0) is 17.9. The van der Waals surface area contributed by atoms with Gasteiger partial charge in [0.2, 0.25) is 10.0 Å². The maximum absolute atomic E-state index is 12.4. The highest BCUT2D eigenvalue weighted by Crippen LogP contribution is 2.25. The predicted molar refractivity (Wildman–Crippen MR) is 98.4 cm³/mol. The average molecular weight is 403 g/mol. The van der Waals surface area contributed by atoms with Gasteiger partial charge in [-0.1, -0.05) is 23.2 Å². The smallest absolute Gasteiger partial charge is 0.242 e. The number of benzene rings is 1. The molecule has 5 nitrogen and oxygen atoms in total. The third-order valence-electron chi connectivity index (χ3n) is 4.41. The number of halogens is 2. The van der Waals surface area contributed by atoms with Crippen molar-refractivity contribution in [1.29, 1.82) is 0 Å². The number of rotatable bonds is 6. The highest BCUT2D eigenvalue weighted by molar-refractivity contribution is 7.89. The normalized spacial score (nSPS) is 17.0. The van der Waals surface area contributed by atoms with Crippen LogP contribution in [-0.4, -0.2) is 33.0 Å².